The lowest BCUT2D eigenvalue weighted by Gasteiger charge is -2.12. The topological polar surface area (TPSA) is 125 Å². The van der Waals surface area contributed by atoms with Crippen molar-refractivity contribution in [1.29, 1.82) is 0 Å². The van der Waals surface area contributed by atoms with Crippen LogP contribution >= 0.6 is 0 Å². The van der Waals surface area contributed by atoms with Crippen molar-refractivity contribution in [3.05, 3.63) is 51.3 Å². The van der Waals surface area contributed by atoms with E-state index in [0.717, 1.165) is 6.07 Å². The van der Waals surface area contributed by atoms with Gasteiger partial charge in [0.15, 0.2) is 11.9 Å². The molecule has 0 aliphatic heterocycles. The summed E-state index contributed by atoms with van der Waals surface area (Å²) in [5.41, 5.74) is 0.215. The van der Waals surface area contributed by atoms with E-state index < -0.39 is 22.9 Å². The predicted molar refractivity (Wildman–Crippen MR) is 82.6 cm³/mol. The molecule has 1 aromatic carbocycles. The van der Waals surface area contributed by atoms with Crippen molar-refractivity contribution in [3.8, 4) is 0 Å². The summed E-state index contributed by atoms with van der Waals surface area (Å²) in [4.78, 5) is 34.3. The molecule has 0 fully saturated rings. The van der Waals surface area contributed by atoms with Gasteiger partial charge in [0.2, 0.25) is 0 Å². The highest BCUT2D eigenvalue weighted by Crippen LogP contribution is 2.20. The maximum absolute atomic E-state index is 12.0. The van der Waals surface area contributed by atoms with E-state index in [0.29, 0.717) is 11.3 Å². The van der Waals surface area contributed by atoms with Crippen molar-refractivity contribution in [2.24, 2.45) is 0 Å². The number of hydrogen-bond acceptors (Lipinski definition) is 7. The lowest BCUT2D eigenvalue weighted by Crippen LogP contribution is -2.30. The van der Waals surface area contributed by atoms with E-state index in [1.807, 2.05) is 0 Å². The first kappa shape index (κ1) is 17.1. The number of nitro benzene ring substituents is 1. The Kier molecular flexibility index (Phi) is 4.93. The van der Waals surface area contributed by atoms with Crippen LogP contribution in [0.5, 0.6) is 0 Å². The highest BCUT2D eigenvalue weighted by atomic mass is 16.6. The van der Waals surface area contributed by atoms with E-state index in [4.69, 9.17) is 9.26 Å². The Bertz CT molecular complexity index is 798. The van der Waals surface area contributed by atoms with Gasteiger partial charge in [0.1, 0.15) is 5.76 Å². The molecular formula is C15H15N3O6. The molecular weight excluding hydrogens is 318 g/mol. The minimum atomic E-state index is -1.12. The molecule has 0 unspecified atom stereocenters. The first-order valence-corrected chi connectivity index (χ1v) is 6.98. The molecule has 0 spiro atoms. The zero-order valence-electron chi connectivity index (χ0n) is 13.2. The van der Waals surface area contributed by atoms with Crippen LogP contribution in [0.3, 0.4) is 0 Å². The number of nitrogens with zero attached hydrogens (tertiary/aromatic N) is 2. The van der Waals surface area contributed by atoms with Crippen LogP contribution in [0.1, 0.15) is 28.6 Å². The Morgan fingerprint density at radius 2 is 2.04 bits per heavy atom. The number of carbonyl (C=O) groups is 2. The summed E-state index contributed by atoms with van der Waals surface area (Å²) in [6, 6.07) is 5.47. The molecule has 9 nitrogen and oxygen atoms in total. The maximum atomic E-state index is 12.0. The molecule has 1 atom stereocenters. The number of nitro groups is 1. The summed E-state index contributed by atoms with van der Waals surface area (Å²) in [6.45, 7) is 4.60. The fourth-order valence-electron chi connectivity index (χ4n) is 1.87. The number of esters is 1. The van der Waals surface area contributed by atoms with Crippen LogP contribution in [0.25, 0.3) is 0 Å². The van der Waals surface area contributed by atoms with Crippen molar-refractivity contribution in [2.75, 3.05) is 5.32 Å². The van der Waals surface area contributed by atoms with Gasteiger partial charge < -0.3 is 14.6 Å². The lowest BCUT2D eigenvalue weighted by molar-refractivity contribution is -0.385. The Hall–Kier alpha value is -3.23. The summed E-state index contributed by atoms with van der Waals surface area (Å²) in [5, 5.41) is 16.9. The predicted octanol–water partition coefficient (Wildman–Crippen LogP) is 2.38. The number of aryl methyl sites for hydroxylation is 2. The average molecular weight is 333 g/mol. The summed E-state index contributed by atoms with van der Waals surface area (Å²) in [5.74, 6) is -0.719. The van der Waals surface area contributed by atoms with Gasteiger partial charge in [0, 0.05) is 17.7 Å². The molecule has 0 saturated carbocycles. The Morgan fingerprint density at radius 1 is 1.33 bits per heavy atom. The van der Waals surface area contributed by atoms with Crippen molar-refractivity contribution in [3.63, 3.8) is 0 Å². The lowest BCUT2D eigenvalue weighted by atomic mass is 10.1. The maximum Gasteiger partial charge on any atom is 0.339 e. The summed E-state index contributed by atoms with van der Waals surface area (Å²) in [7, 11) is 0. The Labute approximate surface area is 136 Å². The van der Waals surface area contributed by atoms with Gasteiger partial charge in [0.25, 0.3) is 11.6 Å². The standard InChI is InChI=1S/C15H15N3O6/c1-8-4-5-11(7-12(8)18(21)22)15(20)23-10(3)14(19)16-13-6-9(2)24-17-13/h4-7,10H,1-3H3,(H,16,17,19)/t10-/m0/s1. The summed E-state index contributed by atoms with van der Waals surface area (Å²) in [6.07, 6.45) is -1.12. The number of hydrogen-bond donors (Lipinski definition) is 1. The number of carbonyl (C=O) groups excluding carboxylic acids is 2. The molecule has 1 amide bonds. The van der Waals surface area contributed by atoms with Gasteiger partial charge in [-0.15, -0.1) is 0 Å². The Morgan fingerprint density at radius 3 is 2.62 bits per heavy atom. The number of rotatable bonds is 5. The normalized spacial score (nSPS) is 11.6. The number of nitrogens with one attached hydrogen (secondary N) is 1. The molecule has 2 aromatic rings. The van der Waals surface area contributed by atoms with Crippen LogP contribution in [0.15, 0.2) is 28.8 Å². The average Bonchev–Trinajstić information content (AvgIpc) is 2.92. The second kappa shape index (κ2) is 6.90. The largest absolute Gasteiger partial charge is 0.449 e. The van der Waals surface area contributed by atoms with Crippen LogP contribution < -0.4 is 5.32 Å². The number of amides is 1. The van der Waals surface area contributed by atoms with E-state index >= 15 is 0 Å². The smallest absolute Gasteiger partial charge is 0.339 e. The number of aromatic nitrogens is 1. The molecule has 9 heteroatoms. The van der Waals surface area contributed by atoms with Crippen LogP contribution in [-0.2, 0) is 9.53 Å². The van der Waals surface area contributed by atoms with Gasteiger partial charge in [-0.1, -0.05) is 11.2 Å². The molecule has 2 rings (SSSR count). The summed E-state index contributed by atoms with van der Waals surface area (Å²) >= 11 is 0. The zero-order chi connectivity index (χ0) is 17.9. The van der Waals surface area contributed by atoms with E-state index in [1.165, 1.54) is 25.1 Å². The van der Waals surface area contributed by atoms with E-state index in [1.54, 1.807) is 13.8 Å². The van der Waals surface area contributed by atoms with E-state index in [2.05, 4.69) is 10.5 Å². The quantitative estimate of drug-likeness (QED) is 0.506. The monoisotopic (exact) mass is 333 g/mol. The fraction of sp³-hybridized carbons (Fsp3) is 0.267. The molecule has 1 N–H and O–H groups in total. The third-order valence-corrected chi connectivity index (χ3v) is 3.17. The number of anilines is 1. The second-order valence-electron chi connectivity index (χ2n) is 5.12. The first-order valence-electron chi connectivity index (χ1n) is 6.98. The van der Waals surface area contributed by atoms with E-state index in [9.17, 15) is 19.7 Å². The van der Waals surface area contributed by atoms with Gasteiger partial charge in [-0.3, -0.25) is 14.9 Å². The second-order valence-corrected chi connectivity index (χ2v) is 5.12. The van der Waals surface area contributed by atoms with Crippen molar-refractivity contribution >= 4 is 23.4 Å². The fourth-order valence-corrected chi connectivity index (χ4v) is 1.87. The Balaban J connectivity index is 2.04. The minimum Gasteiger partial charge on any atom is -0.449 e. The molecule has 0 saturated heterocycles. The van der Waals surface area contributed by atoms with Crippen LogP contribution in [0.4, 0.5) is 11.5 Å². The van der Waals surface area contributed by atoms with Crippen LogP contribution in [-0.4, -0.2) is 28.1 Å². The van der Waals surface area contributed by atoms with Gasteiger partial charge in [-0.2, -0.15) is 0 Å². The van der Waals surface area contributed by atoms with Gasteiger partial charge >= 0.3 is 5.97 Å². The molecule has 126 valence electrons. The highest BCUT2D eigenvalue weighted by Gasteiger charge is 2.22. The number of benzene rings is 1. The number of ether oxygens (including phenoxy) is 1. The SMILES string of the molecule is Cc1cc(NC(=O)[C@H](C)OC(=O)c2ccc(C)c([N+](=O)[O-])c2)no1. The van der Waals surface area contributed by atoms with Crippen molar-refractivity contribution in [2.45, 2.75) is 26.9 Å². The van der Waals surface area contributed by atoms with Crippen molar-refractivity contribution < 1.29 is 23.8 Å². The molecule has 0 radical (unpaired) electrons. The zero-order valence-corrected chi connectivity index (χ0v) is 13.2. The van der Waals surface area contributed by atoms with Gasteiger partial charge in [-0.25, -0.2) is 4.79 Å². The summed E-state index contributed by atoms with van der Waals surface area (Å²) < 4.78 is 9.83. The third-order valence-electron chi connectivity index (χ3n) is 3.17. The molecule has 1 aromatic heterocycles. The molecule has 1 heterocycles. The van der Waals surface area contributed by atoms with E-state index in [-0.39, 0.29) is 17.1 Å². The molecule has 24 heavy (non-hydrogen) atoms. The molecule has 0 aliphatic carbocycles. The van der Waals surface area contributed by atoms with Crippen LogP contribution in [0, 0.1) is 24.0 Å². The van der Waals surface area contributed by atoms with Crippen molar-refractivity contribution in [1.82, 2.24) is 5.16 Å². The molecule has 0 bridgehead atoms. The first-order chi connectivity index (χ1) is 11.3. The van der Waals surface area contributed by atoms with Crippen LogP contribution in [0.2, 0.25) is 0 Å². The third kappa shape index (κ3) is 3.94. The van der Waals surface area contributed by atoms with Gasteiger partial charge in [-0.05, 0) is 26.8 Å². The molecule has 0 aliphatic rings. The highest BCUT2D eigenvalue weighted by molar-refractivity contribution is 5.97. The van der Waals surface area contributed by atoms with Gasteiger partial charge in [0.05, 0.1) is 10.5 Å². The minimum absolute atomic E-state index is 0.00997.